The molecule has 0 fully saturated rings. The summed E-state index contributed by atoms with van der Waals surface area (Å²) in [6.45, 7) is 5.86. The molecule has 0 saturated heterocycles. The summed E-state index contributed by atoms with van der Waals surface area (Å²) in [5.74, 6) is -0.380. The topological polar surface area (TPSA) is 58.2 Å². The molecule has 0 spiro atoms. The SMILES string of the molecule is Cc1ccc(NC(=O)C(C)Sc2ccc(NC(=O)c3ccc(Cl)cc3Cl)cc2)c(C)c1. The van der Waals surface area contributed by atoms with E-state index in [2.05, 4.69) is 10.6 Å². The fourth-order valence-corrected chi connectivity index (χ4v) is 4.30. The van der Waals surface area contributed by atoms with Gasteiger partial charge in [-0.2, -0.15) is 0 Å². The van der Waals surface area contributed by atoms with Gasteiger partial charge >= 0.3 is 0 Å². The zero-order valence-electron chi connectivity index (χ0n) is 17.3. The average molecular weight is 473 g/mol. The van der Waals surface area contributed by atoms with E-state index in [9.17, 15) is 9.59 Å². The Bertz CT molecular complexity index is 1120. The summed E-state index contributed by atoms with van der Waals surface area (Å²) in [5, 5.41) is 6.27. The first-order valence-electron chi connectivity index (χ1n) is 9.64. The van der Waals surface area contributed by atoms with Crippen LogP contribution in [0.15, 0.2) is 65.6 Å². The van der Waals surface area contributed by atoms with E-state index in [0.717, 1.165) is 21.7 Å². The van der Waals surface area contributed by atoms with E-state index in [0.29, 0.717) is 21.3 Å². The van der Waals surface area contributed by atoms with Crippen LogP contribution < -0.4 is 10.6 Å². The first kappa shape index (κ1) is 23.2. The normalized spacial score (nSPS) is 11.6. The number of nitrogens with one attached hydrogen (secondary N) is 2. The van der Waals surface area contributed by atoms with Gasteiger partial charge in [0.05, 0.1) is 15.8 Å². The van der Waals surface area contributed by atoms with Crippen LogP contribution in [0, 0.1) is 13.8 Å². The number of carbonyl (C=O) groups is 2. The lowest BCUT2D eigenvalue weighted by molar-refractivity contribution is -0.115. The van der Waals surface area contributed by atoms with Gasteiger partial charge in [0.15, 0.2) is 0 Å². The molecule has 31 heavy (non-hydrogen) atoms. The van der Waals surface area contributed by atoms with Crippen molar-refractivity contribution < 1.29 is 9.59 Å². The minimum absolute atomic E-state index is 0.0632. The van der Waals surface area contributed by atoms with E-state index < -0.39 is 0 Å². The second-order valence-electron chi connectivity index (χ2n) is 7.17. The van der Waals surface area contributed by atoms with Crippen LogP contribution in [-0.4, -0.2) is 17.1 Å². The van der Waals surface area contributed by atoms with Crippen LogP contribution in [0.4, 0.5) is 11.4 Å². The van der Waals surface area contributed by atoms with Crippen molar-refractivity contribution in [2.45, 2.75) is 30.9 Å². The molecule has 0 radical (unpaired) electrons. The van der Waals surface area contributed by atoms with Crippen LogP contribution in [0.1, 0.15) is 28.4 Å². The highest BCUT2D eigenvalue weighted by Crippen LogP contribution is 2.27. The maximum Gasteiger partial charge on any atom is 0.257 e. The fraction of sp³-hybridized carbons (Fsp3) is 0.167. The molecule has 2 N–H and O–H groups in total. The molecule has 2 amide bonds. The number of hydrogen-bond acceptors (Lipinski definition) is 3. The zero-order chi connectivity index (χ0) is 22.5. The van der Waals surface area contributed by atoms with Crippen molar-refractivity contribution in [2.75, 3.05) is 10.6 Å². The standard InChI is InChI=1S/C24H22Cl2N2O2S/c1-14-4-11-22(15(2)12-14)28-23(29)16(3)31-19-8-6-18(7-9-19)27-24(30)20-10-5-17(25)13-21(20)26/h4-13,16H,1-3H3,(H,27,30)(H,28,29). The highest BCUT2D eigenvalue weighted by Gasteiger charge is 2.16. The smallest absolute Gasteiger partial charge is 0.257 e. The molecule has 3 aromatic rings. The zero-order valence-corrected chi connectivity index (χ0v) is 19.7. The second-order valence-corrected chi connectivity index (χ2v) is 9.43. The third kappa shape index (κ3) is 6.26. The third-order valence-corrected chi connectivity index (χ3v) is 6.27. The number of halogens is 2. The molecule has 1 unspecified atom stereocenters. The Balaban J connectivity index is 1.59. The summed E-state index contributed by atoms with van der Waals surface area (Å²) < 4.78 is 0. The minimum Gasteiger partial charge on any atom is -0.325 e. The lowest BCUT2D eigenvalue weighted by atomic mass is 10.1. The number of carbonyl (C=O) groups excluding carboxylic acids is 2. The number of benzene rings is 3. The van der Waals surface area contributed by atoms with E-state index in [4.69, 9.17) is 23.2 Å². The first-order chi connectivity index (χ1) is 14.7. The van der Waals surface area contributed by atoms with Gasteiger partial charge in [0, 0.05) is 21.3 Å². The van der Waals surface area contributed by atoms with Gasteiger partial charge in [-0.15, -0.1) is 11.8 Å². The highest BCUT2D eigenvalue weighted by molar-refractivity contribution is 8.00. The molecule has 1 atom stereocenters. The molecule has 0 aliphatic rings. The number of hydrogen-bond donors (Lipinski definition) is 2. The van der Waals surface area contributed by atoms with Crippen molar-refractivity contribution in [1.82, 2.24) is 0 Å². The molecule has 0 bridgehead atoms. The van der Waals surface area contributed by atoms with Crippen molar-refractivity contribution in [3.63, 3.8) is 0 Å². The molecule has 0 aliphatic heterocycles. The molecule has 3 aromatic carbocycles. The highest BCUT2D eigenvalue weighted by atomic mass is 35.5. The van der Waals surface area contributed by atoms with Crippen molar-refractivity contribution in [3.05, 3.63) is 87.4 Å². The molecule has 160 valence electrons. The fourth-order valence-electron chi connectivity index (χ4n) is 2.93. The molecule has 0 aromatic heterocycles. The van der Waals surface area contributed by atoms with Crippen molar-refractivity contribution in [2.24, 2.45) is 0 Å². The molecule has 0 aliphatic carbocycles. The minimum atomic E-state index is -0.316. The van der Waals surface area contributed by atoms with E-state index in [1.54, 1.807) is 24.3 Å². The Labute approximate surface area is 196 Å². The van der Waals surface area contributed by atoms with E-state index in [1.165, 1.54) is 17.8 Å². The van der Waals surface area contributed by atoms with Gasteiger partial charge in [0.1, 0.15) is 0 Å². The summed E-state index contributed by atoms with van der Waals surface area (Å²) in [6.07, 6.45) is 0. The predicted octanol–water partition coefficient (Wildman–Crippen LogP) is 6.98. The van der Waals surface area contributed by atoms with E-state index in [-0.39, 0.29) is 17.1 Å². The van der Waals surface area contributed by atoms with Gasteiger partial charge in [-0.05, 0) is 74.9 Å². The summed E-state index contributed by atoms with van der Waals surface area (Å²) in [6, 6.07) is 18.0. The molecule has 4 nitrogen and oxygen atoms in total. The Morgan fingerprint density at radius 2 is 1.61 bits per heavy atom. The lowest BCUT2D eigenvalue weighted by Gasteiger charge is -2.14. The number of amides is 2. The van der Waals surface area contributed by atoms with Crippen LogP contribution in [0.5, 0.6) is 0 Å². The van der Waals surface area contributed by atoms with Gasteiger partial charge in [-0.3, -0.25) is 9.59 Å². The van der Waals surface area contributed by atoms with Gasteiger partial charge in [-0.25, -0.2) is 0 Å². The Kier molecular flexibility index (Phi) is 7.65. The monoisotopic (exact) mass is 472 g/mol. The molecule has 7 heteroatoms. The number of thioether (sulfide) groups is 1. The van der Waals surface area contributed by atoms with E-state index in [1.807, 2.05) is 51.1 Å². The maximum absolute atomic E-state index is 12.6. The van der Waals surface area contributed by atoms with Gasteiger partial charge in [-0.1, -0.05) is 40.9 Å². The number of rotatable bonds is 6. The second kappa shape index (κ2) is 10.2. The molecule has 0 heterocycles. The van der Waals surface area contributed by atoms with Crippen molar-refractivity contribution in [3.8, 4) is 0 Å². The first-order valence-corrected chi connectivity index (χ1v) is 11.3. The lowest BCUT2D eigenvalue weighted by Crippen LogP contribution is -2.22. The van der Waals surface area contributed by atoms with Crippen molar-refractivity contribution in [1.29, 1.82) is 0 Å². The molecule has 3 rings (SSSR count). The molecular formula is C24H22Cl2N2O2S. The summed E-state index contributed by atoms with van der Waals surface area (Å²) >= 11 is 13.4. The van der Waals surface area contributed by atoms with Gasteiger partial charge < -0.3 is 10.6 Å². The summed E-state index contributed by atoms with van der Waals surface area (Å²) in [7, 11) is 0. The van der Waals surface area contributed by atoms with Crippen LogP contribution in [0.25, 0.3) is 0 Å². The average Bonchev–Trinajstić information content (AvgIpc) is 2.71. The number of aryl methyl sites for hydroxylation is 2. The quantitative estimate of drug-likeness (QED) is 0.380. The summed E-state index contributed by atoms with van der Waals surface area (Å²) in [5.41, 5.74) is 3.99. The van der Waals surface area contributed by atoms with Gasteiger partial charge in [0.2, 0.25) is 5.91 Å². The third-order valence-electron chi connectivity index (χ3n) is 4.61. The van der Waals surface area contributed by atoms with Crippen LogP contribution >= 0.6 is 35.0 Å². The Hall–Kier alpha value is -2.47. The largest absolute Gasteiger partial charge is 0.325 e. The Morgan fingerprint density at radius 1 is 0.903 bits per heavy atom. The summed E-state index contributed by atoms with van der Waals surface area (Å²) in [4.78, 5) is 25.9. The molecule has 0 saturated carbocycles. The number of anilines is 2. The predicted molar refractivity (Wildman–Crippen MR) is 131 cm³/mol. The molecular weight excluding hydrogens is 451 g/mol. The van der Waals surface area contributed by atoms with Crippen LogP contribution in [0.2, 0.25) is 10.0 Å². The maximum atomic E-state index is 12.6. The van der Waals surface area contributed by atoms with E-state index >= 15 is 0 Å². The Morgan fingerprint density at radius 3 is 2.26 bits per heavy atom. The van der Waals surface area contributed by atoms with Crippen molar-refractivity contribution >= 4 is 58.2 Å². The van der Waals surface area contributed by atoms with Crippen LogP contribution in [-0.2, 0) is 4.79 Å². The van der Waals surface area contributed by atoms with Gasteiger partial charge in [0.25, 0.3) is 5.91 Å². The van der Waals surface area contributed by atoms with Crippen LogP contribution in [0.3, 0.4) is 0 Å².